The second-order valence-corrected chi connectivity index (χ2v) is 9.09. The molecule has 34 heavy (non-hydrogen) atoms. The number of rotatable bonds is 12. The molecule has 0 radical (unpaired) electrons. The number of aliphatic hydroxyl groups is 3. The number of ether oxygens (including phenoxy) is 2. The van der Waals surface area contributed by atoms with E-state index < -0.39 is 12.2 Å². The van der Waals surface area contributed by atoms with E-state index >= 15 is 0 Å². The average molecular weight is 490 g/mol. The van der Waals surface area contributed by atoms with Crippen molar-refractivity contribution in [3.05, 3.63) is 71.0 Å². The topological polar surface area (TPSA) is 110 Å². The Morgan fingerprint density at radius 1 is 1.00 bits per heavy atom. The summed E-state index contributed by atoms with van der Waals surface area (Å²) in [7, 11) is 0. The summed E-state index contributed by atoms with van der Waals surface area (Å²) >= 11 is 5.63. The largest absolute Gasteiger partial charge is 0.491 e. The SMILES string of the molecule is Cc1cc(C(C)(C)c2ccc(OC[C@@H](O)Cn3nncc3CO)cc2)ccc1OC[C@@H](O)CCl. The van der Waals surface area contributed by atoms with Gasteiger partial charge in [-0.2, -0.15) is 0 Å². The van der Waals surface area contributed by atoms with Gasteiger partial charge < -0.3 is 24.8 Å². The molecule has 2 aromatic carbocycles. The van der Waals surface area contributed by atoms with Crippen molar-refractivity contribution in [3.63, 3.8) is 0 Å². The van der Waals surface area contributed by atoms with Crippen LogP contribution in [-0.4, -0.2) is 61.6 Å². The molecule has 0 spiro atoms. The summed E-state index contributed by atoms with van der Waals surface area (Å²) in [5.74, 6) is 1.51. The lowest BCUT2D eigenvalue weighted by Crippen LogP contribution is -2.25. The number of halogens is 1. The molecule has 1 aromatic heterocycles. The molecule has 0 bridgehead atoms. The molecule has 0 saturated heterocycles. The number of benzene rings is 2. The molecular weight excluding hydrogens is 458 g/mol. The fraction of sp³-hybridized carbons (Fsp3) is 0.440. The maximum absolute atomic E-state index is 10.2. The van der Waals surface area contributed by atoms with Gasteiger partial charge in [-0.15, -0.1) is 16.7 Å². The fourth-order valence-electron chi connectivity index (χ4n) is 3.56. The van der Waals surface area contributed by atoms with Gasteiger partial charge in [-0.25, -0.2) is 4.68 Å². The van der Waals surface area contributed by atoms with Crippen LogP contribution in [0.25, 0.3) is 0 Å². The minimum absolute atomic E-state index is 0.0898. The van der Waals surface area contributed by atoms with Gasteiger partial charge in [-0.05, 0) is 41.8 Å². The summed E-state index contributed by atoms with van der Waals surface area (Å²) in [6, 6.07) is 13.8. The summed E-state index contributed by atoms with van der Waals surface area (Å²) in [6.07, 6.45) is -0.0285. The highest BCUT2D eigenvalue weighted by Gasteiger charge is 2.24. The van der Waals surface area contributed by atoms with Crippen molar-refractivity contribution in [3.8, 4) is 11.5 Å². The van der Waals surface area contributed by atoms with Gasteiger partial charge in [-0.1, -0.05) is 43.3 Å². The zero-order valence-electron chi connectivity index (χ0n) is 19.7. The molecule has 1 heterocycles. The van der Waals surface area contributed by atoms with E-state index in [9.17, 15) is 15.3 Å². The van der Waals surface area contributed by atoms with E-state index in [2.05, 4.69) is 30.2 Å². The van der Waals surface area contributed by atoms with Crippen LogP contribution in [0.5, 0.6) is 11.5 Å². The number of aromatic nitrogens is 3. The molecule has 0 unspecified atom stereocenters. The van der Waals surface area contributed by atoms with Crippen molar-refractivity contribution in [2.75, 3.05) is 19.1 Å². The van der Waals surface area contributed by atoms with Gasteiger partial charge in [0.05, 0.1) is 30.9 Å². The predicted molar refractivity (Wildman–Crippen MR) is 129 cm³/mol. The van der Waals surface area contributed by atoms with E-state index in [1.165, 1.54) is 10.9 Å². The maximum atomic E-state index is 10.2. The number of aryl methyl sites for hydroxylation is 1. The third kappa shape index (κ3) is 6.48. The zero-order valence-corrected chi connectivity index (χ0v) is 20.4. The second-order valence-electron chi connectivity index (χ2n) is 8.78. The molecule has 3 rings (SSSR count). The van der Waals surface area contributed by atoms with Crippen molar-refractivity contribution < 1.29 is 24.8 Å². The quantitative estimate of drug-likeness (QED) is 0.335. The molecule has 184 valence electrons. The summed E-state index contributed by atoms with van der Waals surface area (Å²) in [4.78, 5) is 0. The monoisotopic (exact) mass is 489 g/mol. The lowest BCUT2D eigenvalue weighted by Gasteiger charge is -2.27. The van der Waals surface area contributed by atoms with Gasteiger partial charge in [0.2, 0.25) is 0 Å². The molecule has 0 aliphatic heterocycles. The highest BCUT2D eigenvalue weighted by Crippen LogP contribution is 2.34. The summed E-state index contributed by atoms with van der Waals surface area (Å²) in [6.45, 7) is 6.52. The van der Waals surface area contributed by atoms with Gasteiger partial charge in [0.15, 0.2) is 0 Å². The molecule has 0 saturated carbocycles. The Morgan fingerprint density at radius 3 is 2.32 bits per heavy atom. The molecule has 0 aliphatic rings. The van der Waals surface area contributed by atoms with Gasteiger partial charge >= 0.3 is 0 Å². The van der Waals surface area contributed by atoms with Gasteiger partial charge in [0.25, 0.3) is 0 Å². The Kier molecular flexibility index (Phi) is 8.90. The first kappa shape index (κ1) is 26.0. The Balaban J connectivity index is 1.61. The van der Waals surface area contributed by atoms with Crippen molar-refractivity contribution >= 4 is 11.6 Å². The molecule has 0 fully saturated rings. The van der Waals surface area contributed by atoms with Crippen LogP contribution in [0.4, 0.5) is 0 Å². The number of alkyl halides is 1. The van der Waals surface area contributed by atoms with Crippen molar-refractivity contribution in [2.24, 2.45) is 0 Å². The van der Waals surface area contributed by atoms with Gasteiger partial charge in [0.1, 0.15) is 36.9 Å². The lowest BCUT2D eigenvalue weighted by molar-refractivity contribution is 0.0866. The first-order valence-electron chi connectivity index (χ1n) is 11.1. The van der Waals surface area contributed by atoms with Crippen LogP contribution in [0.3, 0.4) is 0 Å². The smallest absolute Gasteiger partial charge is 0.122 e. The average Bonchev–Trinajstić information content (AvgIpc) is 3.28. The van der Waals surface area contributed by atoms with E-state index in [1.807, 2.05) is 43.3 Å². The number of hydrogen-bond donors (Lipinski definition) is 3. The summed E-state index contributed by atoms with van der Waals surface area (Å²) < 4.78 is 12.9. The number of nitrogens with zero attached hydrogens (tertiary/aromatic N) is 3. The van der Waals surface area contributed by atoms with Crippen LogP contribution in [0, 0.1) is 6.92 Å². The van der Waals surface area contributed by atoms with Crippen LogP contribution in [0.2, 0.25) is 0 Å². The maximum Gasteiger partial charge on any atom is 0.122 e. The van der Waals surface area contributed by atoms with E-state index in [0.29, 0.717) is 11.4 Å². The Hall–Kier alpha value is -2.65. The molecule has 3 aromatic rings. The molecule has 0 aliphatic carbocycles. The van der Waals surface area contributed by atoms with Crippen molar-refractivity contribution in [2.45, 2.75) is 51.5 Å². The van der Waals surface area contributed by atoms with E-state index in [1.54, 1.807) is 0 Å². The Labute approximate surface area is 204 Å². The number of hydrogen-bond acceptors (Lipinski definition) is 7. The second kappa shape index (κ2) is 11.7. The zero-order chi connectivity index (χ0) is 24.7. The first-order valence-corrected chi connectivity index (χ1v) is 11.7. The highest BCUT2D eigenvalue weighted by atomic mass is 35.5. The minimum Gasteiger partial charge on any atom is -0.491 e. The molecule has 3 N–H and O–H groups in total. The fourth-order valence-corrected chi connectivity index (χ4v) is 3.65. The van der Waals surface area contributed by atoms with E-state index in [4.69, 9.17) is 21.1 Å². The third-order valence-corrected chi connectivity index (χ3v) is 6.12. The van der Waals surface area contributed by atoms with E-state index in [-0.39, 0.29) is 37.7 Å². The van der Waals surface area contributed by atoms with Crippen LogP contribution in [0.1, 0.15) is 36.2 Å². The van der Waals surface area contributed by atoms with Crippen LogP contribution >= 0.6 is 11.6 Å². The van der Waals surface area contributed by atoms with Crippen molar-refractivity contribution in [1.29, 1.82) is 0 Å². The normalized spacial score (nSPS) is 13.5. The highest BCUT2D eigenvalue weighted by molar-refractivity contribution is 6.18. The molecule has 8 nitrogen and oxygen atoms in total. The first-order chi connectivity index (χ1) is 16.2. The summed E-state index contributed by atoms with van der Waals surface area (Å²) in [5.41, 5.74) is 3.50. The number of aliphatic hydroxyl groups excluding tert-OH is 3. The van der Waals surface area contributed by atoms with E-state index in [0.717, 1.165) is 22.4 Å². The van der Waals surface area contributed by atoms with Crippen LogP contribution < -0.4 is 9.47 Å². The molecule has 2 atom stereocenters. The minimum atomic E-state index is -0.794. The summed E-state index contributed by atoms with van der Waals surface area (Å²) in [5, 5.41) is 36.7. The Bertz CT molecular complexity index is 1050. The lowest BCUT2D eigenvalue weighted by atomic mass is 9.77. The van der Waals surface area contributed by atoms with Crippen LogP contribution in [-0.2, 0) is 18.6 Å². The standard InChI is InChI=1S/C25H32ClN3O5/c1-17-10-19(6-9-24(17)34-15-21(31)11-26)25(2,3)18-4-7-23(8-5-18)33-16-22(32)13-29-20(14-30)12-27-28-29/h4-10,12,21-22,30-32H,11,13-16H2,1-3H3/t21-,22-/m0/s1. The van der Waals surface area contributed by atoms with Crippen molar-refractivity contribution in [1.82, 2.24) is 15.0 Å². The van der Waals surface area contributed by atoms with Crippen LogP contribution in [0.15, 0.2) is 48.7 Å². The third-order valence-electron chi connectivity index (χ3n) is 5.77. The molecular formula is C25H32ClN3O5. The predicted octanol–water partition coefficient (Wildman–Crippen LogP) is 2.82. The molecule has 9 heteroatoms. The van der Waals surface area contributed by atoms with Gasteiger partial charge in [0, 0.05) is 5.41 Å². The van der Waals surface area contributed by atoms with Gasteiger partial charge in [-0.3, -0.25) is 0 Å². The molecule has 0 amide bonds. The Morgan fingerprint density at radius 2 is 1.68 bits per heavy atom.